The topological polar surface area (TPSA) is 43.1 Å². The molecule has 15 heavy (non-hydrogen) atoms. The van der Waals surface area contributed by atoms with Crippen LogP contribution in [0.25, 0.3) is 0 Å². The van der Waals surface area contributed by atoms with E-state index in [1.807, 2.05) is 25.1 Å². The van der Waals surface area contributed by atoms with E-state index < -0.39 is 5.91 Å². The van der Waals surface area contributed by atoms with Gasteiger partial charge in [-0.1, -0.05) is 30.1 Å². The summed E-state index contributed by atoms with van der Waals surface area (Å²) in [5.74, 6) is 5.52. The Kier molecular flexibility index (Phi) is 4.18. The Labute approximate surface area is 89.8 Å². The van der Waals surface area contributed by atoms with Gasteiger partial charge in [-0.05, 0) is 25.1 Å². The lowest BCUT2D eigenvalue weighted by Gasteiger charge is -1.94. The number of carbonyl (C=O) groups is 1. The summed E-state index contributed by atoms with van der Waals surface area (Å²) in [5.41, 5.74) is 6.47. The Hall–Kier alpha value is -2.01. The molecule has 1 amide bonds. The first-order valence-corrected chi connectivity index (χ1v) is 4.74. The van der Waals surface area contributed by atoms with Gasteiger partial charge in [0.05, 0.1) is 0 Å². The molecule has 0 aliphatic rings. The van der Waals surface area contributed by atoms with Crippen molar-refractivity contribution in [3.63, 3.8) is 0 Å². The van der Waals surface area contributed by atoms with E-state index in [1.165, 1.54) is 0 Å². The number of hydrogen-bond donors (Lipinski definition) is 1. The van der Waals surface area contributed by atoms with Gasteiger partial charge in [0.1, 0.15) is 0 Å². The maximum atomic E-state index is 10.9. The van der Waals surface area contributed by atoms with Gasteiger partial charge in [0.15, 0.2) is 0 Å². The molecule has 0 radical (unpaired) electrons. The molecule has 1 rings (SSSR count). The van der Waals surface area contributed by atoms with E-state index in [2.05, 4.69) is 11.8 Å². The quantitative estimate of drug-likeness (QED) is 0.575. The van der Waals surface area contributed by atoms with Gasteiger partial charge in [-0.15, -0.1) is 0 Å². The third-order valence-electron chi connectivity index (χ3n) is 1.84. The fraction of sp³-hybridized carbons (Fsp3) is 0.154. The van der Waals surface area contributed by atoms with Crippen LogP contribution in [0.1, 0.15) is 29.3 Å². The molecule has 2 N–H and O–H groups in total. The van der Waals surface area contributed by atoms with Crippen LogP contribution in [0, 0.1) is 11.8 Å². The average Bonchev–Trinajstić information content (AvgIpc) is 2.25. The van der Waals surface area contributed by atoms with E-state index in [0.29, 0.717) is 5.56 Å². The summed E-state index contributed by atoms with van der Waals surface area (Å²) in [6.45, 7) is 1.95. The van der Waals surface area contributed by atoms with Crippen LogP contribution in [0.15, 0.2) is 36.4 Å². The lowest BCUT2D eigenvalue weighted by molar-refractivity contribution is 0.100. The first kappa shape index (κ1) is 11.1. The van der Waals surface area contributed by atoms with Crippen LogP contribution in [0.3, 0.4) is 0 Å². The second-order valence-electron chi connectivity index (χ2n) is 3.02. The number of rotatable bonds is 2. The number of allylic oxidation sites excluding steroid dienone is 2. The van der Waals surface area contributed by atoms with E-state index in [4.69, 9.17) is 5.73 Å². The third-order valence-corrected chi connectivity index (χ3v) is 1.84. The molecule has 2 heteroatoms. The minimum Gasteiger partial charge on any atom is -0.366 e. The molecule has 1 aromatic carbocycles. The van der Waals surface area contributed by atoms with Crippen LogP contribution in [0.2, 0.25) is 0 Å². The molecule has 0 fully saturated rings. The summed E-state index contributed by atoms with van der Waals surface area (Å²) in [4.78, 5) is 10.9. The molecule has 0 heterocycles. The number of hydrogen-bond acceptors (Lipinski definition) is 1. The monoisotopic (exact) mass is 199 g/mol. The predicted octanol–water partition coefficient (Wildman–Crippen LogP) is 2.10. The highest BCUT2D eigenvalue weighted by molar-refractivity contribution is 5.93. The zero-order chi connectivity index (χ0) is 11.1. The number of benzene rings is 1. The van der Waals surface area contributed by atoms with Gasteiger partial charge in [0, 0.05) is 17.5 Å². The second kappa shape index (κ2) is 5.66. The molecule has 0 spiro atoms. The normalized spacial score (nSPS) is 9.67. The maximum Gasteiger partial charge on any atom is 0.248 e. The summed E-state index contributed by atoms with van der Waals surface area (Å²) in [7, 11) is 0. The van der Waals surface area contributed by atoms with Crippen LogP contribution in [-0.4, -0.2) is 5.91 Å². The highest BCUT2D eigenvalue weighted by Gasteiger charge is 1.98. The van der Waals surface area contributed by atoms with Gasteiger partial charge in [0.2, 0.25) is 5.91 Å². The van der Waals surface area contributed by atoms with Gasteiger partial charge < -0.3 is 5.73 Å². The largest absolute Gasteiger partial charge is 0.366 e. The van der Waals surface area contributed by atoms with E-state index in [1.54, 1.807) is 18.2 Å². The minimum absolute atomic E-state index is 0.424. The second-order valence-corrected chi connectivity index (χ2v) is 3.02. The number of amides is 1. The van der Waals surface area contributed by atoms with Crippen molar-refractivity contribution in [1.82, 2.24) is 0 Å². The van der Waals surface area contributed by atoms with Gasteiger partial charge >= 0.3 is 0 Å². The molecular formula is C13H13NO. The van der Waals surface area contributed by atoms with Gasteiger partial charge in [-0.2, -0.15) is 0 Å². The third kappa shape index (κ3) is 3.70. The molecule has 0 aromatic heterocycles. The summed E-state index contributed by atoms with van der Waals surface area (Å²) >= 11 is 0. The molecule has 0 bridgehead atoms. The van der Waals surface area contributed by atoms with E-state index in [0.717, 1.165) is 12.0 Å². The highest BCUT2D eigenvalue weighted by Crippen LogP contribution is 2.03. The van der Waals surface area contributed by atoms with Crippen molar-refractivity contribution in [2.24, 2.45) is 5.73 Å². The molecule has 1 aromatic rings. The van der Waals surface area contributed by atoms with Crippen molar-refractivity contribution >= 4 is 5.91 Å². The highest BCUT2D eigenvalue weighted by atomic mass is 16.1. The Morgan fingerprint density at radius 3 is 3.00 bits per heavy atom. The molecule has 0 unspecified atom stereocenters. The van der Waals surface area contributed by atoms with E-state index >= 15 is 0 Å². The predicted molar refractivity (Wildman–Crippen MR) is 61.3 cm³/mol. The van der Waals surface area contributed by atoms with Crippen LogP contribution in [-0.2, 0) is 0 Å². The van der Waals surface area contributed by atoms with Crippen LogP contribution < -0.4 is 5.73 Å². The SMILES string of the molecule is C/C=C/CC#Cc1cccc(C(N)=O)c1. The molecule has 0 atom stereocenters. The molecule has 0 aliphatic heterocycles. The number of nitrogens with two attached hydrogens (primary N) is 1. The summed E-state index contributed by atoms with van der Waals surface area (Å²) in [6.07, 6.45) is 4.65. The Morgan fingerprint density at radius 1 is 1.53 bits per heavy atom. The Bertz CT molecular complexity index is 435. The smallest absolute Gasteiger partial charge is 0.248 e. The van der Waals surface area contributed by atoms with Crippen molar-refractivity contribution in [3.8, 4) is 11.8 Å². The van der Waals surface area contributed by atoms with Crippen LogP contribution in [0.5, 0.6) is 0 Å². The van der Waals surface area contributed by atoms with Crippen molar-refractivity contribution in [3.05, 3.63) is 47.5 Å². The van der Waals surface area contributed by atoms with Gasteiger partial charge in [-0.3, -0.25) is 4.79 Å². The molecule has 0 saturated carbocycles. The fourth-order valence-electron chi connectivity index (χ4n) is 1.08. The lowest BCUT2D eigenvalue weighted by Crippen LogP contribution is -2.10. The molecule has 0 saturated heterocycles. The first-order valence-electron chi connectivity index (χ1n) is 4.74. The molecular weight excluding hydrogens is 186 g/mol. The summed E-state index contributed by atoms with van der Waals surface area (Å²) in [6, 6.07) is 7.01. The summed E-state index contributed by atoms with van der Waals surface area (Å²) in [5, 5.41) is 0. The van der Waals surface area contributed by atoms with Crippen molar-refractivity contribution < 1.29 is 4.79 Å². The zero-order valence-electron chi connectivity index (χ0n) is 8.66. The minimum atomic E-state index is -0.424. The van der Waals surface area contributed by atoms with E-state index in [9.17, 15) is 4.79 Å². The standard InChI is InChI=1S/C13H13NO/c1-2-3-4-5-7-11-8-6-9-12(10-11)13(14)15/h2-3,6,8-10H,4H2,1H3,(H2,14,15)/b3-2+. The number of carbonyl (C=O) groups excluding carboxylic acids is 1. The fourth-order valence-corrected chi connectivity index (χ4v) is 1.08. The number of primary amides is 1. The lowest BCUT2D eigenvalue weighted by atomic mass is 10.1. The Balaban J connectivity index is 2.80. The van der Waals surface area contributed by atoms with Crippen LogP contribution >= 0.6 is 0 Å². The van der Waals surface area contributed by atoms with Gasteiger partial charge in [-0.25, -0.2) is 0 Å². The van der Waals surface area contributed by atoms with Crippen molar-refractivity contribution in [2.75, 3.05) is 0 Å². The Morgan fingerprint density at radius 2 is 2.33 bits per heavy atom. The van der Waals surface area contributed by atoms with Crippen LogP contribution in [0.4, 0.5) is 0 Å². The van der Waals surface area contributed by atoms with Crippen molar-refractivity contribution in [1.29, 1.82) is 0 Å². The maximum absolute atomic E-state index is 10.9. The first-order chi connectivity index (χ1) is 7.24. The summed E-state index contributed by atoms with van der Waals surface area (Å²) < 4.78 is 0. The van der Waals surface area contributed by atoms with Gasteiger partial charge in [0.25, 0.3) is 0 Å². The molecule has 76 valence electrons. The average molecular weight is 199 g/mol. The van der Waals surface area contributed by atoms with Crippen molar-refractivity contribution in [2.45, 2.75) is 13.3 Å². The zero-order valence-corrected chi connectivity index (χ0v) is 8.66. The van der Waals surface area contributed by atoms with E-state index in [-0.39, 0.29) is 0 Å². The molecule has 0 aliphatic carbocycles. The molecule has 2 nitrogen and oxygen atoms in total.